The lowest BCUT2D eigenvalue weighted by molar-refractivity contribution is -0.138. The Bertz CT molecular complexity index is 287. The summed E-state index contributed by atoms with van der Waals surface area (Å²) in [5, 5.41) is 0. The van der Waals surface area contributed by atoms with Crippen LogP contribution < -0.4 is 0 Å². The van der Waals surface area contributed by atoms with Crippen molar-refractivity contribution in [1.82, 2.24) is 4.90 Å². The Morgan fingerprint density at radius 3 is 2.67 bits per heavy atom. The molecule has 0 spiro atoms. The average molecular weight is 255 g/mol. The number of hydrogen-bond donors (Lipinski definition) is 0. The van der Waals surface area contributed by atoms with Gasteiger partial charge in [0.05, 0.1) is 13.2 Å². The topological polar surface area (TPSA) is 38.8 Å². The van der Waals surface area contributed by atoms with Gasteiger partial charge in [0.1, 0.15) is 0 Å². The summed E-state index contributed by atoms with van der Waals surface area (Å²) in [7, 11) is 1.69. The van der Waals surface area contributed by atoms with Gasteiger partial charge in [0, 0.05) is 31.8 Å². The Morgan fingerprint density at radius 1 is 1.50 bits per heavy atom. The molecule has 0 saturated heterocycles. The fourth-order valence-electron chi connectivity index (χ4n) is 2.05. The molecule has 18 heavy (non-hydrogen) atoms. The molecule has 4 heteroatoms. The highest BCUT2D eigenvalue weighted by Gasteiger charge is 2.32. The molecular formula is C14H25NO3. The van der Waals surface area contributed by atoms with E-state index in [1.807, 2.05) is 0 Å². The number of esters is 1. The molecule has 104 valence electrons. The van der Waals surface area contributed by atoms with Gasteiger partial charge in [-0.25, -0.2) is 4.79 Å². The first kappa shape index (κ1) is 15.2. The molecule has 0 amide bonds. The van der Waals surface area contributed by atoms with Crippen LogP contribution in [0.5, 0.6) is 0 Å². The first-order valence-electron chi connectivity index (χ1n) is 6.68. The standard InChI is InChI=1S/C14H25NO3/c1-5-18-14(16)11(2)10-15(8-9-17-4)12(3)13-6-7-13/h12-13H,2,5-10H2,1,3-4H3. The number of carbonyl (C=O) groups is 1. The van der Waals surface area contributed by atoms with E-state index in [1.54, 1.807) is 14.0 Å². The number of ether oxygens (including phenoxy) is 2. The molecule has 0 radical (unpaired) electrons. The molecule has 0 aromatic carbocycles. The van der Waals surface area contributed by atoms with Crippen LogP contribution in [0.25, 0.3) is 0 Å². The second-order valence-electron chi connectivity index (χ2n) is 4.87. The Labute approximate surface area is 110 Å². The minimum Gasteiger partial charge on any atom is -0.463 e. The minimum absolute atomic E-state index is 0.289. The fraction of sp³-hybridized carbons (Fsp3) is 0.786. The van der Waals surface area contributed by atoms with E-state index < -0.39 is 0 Å². The van der Waals surface area contributed by atoms with Crippen molar-refractivity contribution in [2.75, 3.05) is 33.4 Å². The van der Waals surface area contributed by atoms with Crippen molar-refractivity contribution in [2.24, 2.45) is 5.92 Å². The van der Waals surface area contributed by atoms with Crippen LogP contribution in [0.4, 0.5) is 0 Å². The first-order chi connectivity index (χ1) is 8.60. The van der Waals surface area contributed by atoms with Gasteiger partial charge in [-0.2, -0.15) is 0 Å². The van der Waals surface area contributed by atoms with Crippen LogP contribution in [0.3, 0.4) is 0 Å². The molecule has 1 saturated carbocycles. The molecule has 1 unspecified atom stereocenters. The van der Waals surface area contributed by atoms with Gasteiger partial charge in [-0.05, 0) is 32.6 Å². The van der Waals surface area contributed by atoms with Gasteiger partial charge in [0.25, 0.3) is 0 Å². The van der Waals surface area contributed by atoms with E-state index in [0.29, 0.717) is 31.4 Å². The number of carbonyl (C=O) groups excluding carboxylic acids is 1. The lowest BCUT2D eigenvalue weighted by Gasteiger charge is -2.29. The number of rotatable bonds is 9. The number of methoxy groups -OCH3 is 1. The van der Waals surface area contributed by atoms with Gasteiger partial charge in [-0.3, -0.25) is 4.90 Å². The molecule has 0 aromatic rings. The highest BCUT2D eigenvalue weighted by atomic mass is 16.5. The highest BCUT2D eigenvalue weighted by molar-refractivity contribution is 5.88. The van der Waals surface area contributed by atoms with Crippen molar-refractivity contribution in [3.05, 3.63) is 12.2 Å². The van der Waals surface area contributed by atoms with E-state index in [9.17, 15) is 4.79 Å². The second kappa shape index (κ2) is 7.54. The van der Waals surface area contributed by atoms with Crippen LogP contribution in [0, 0.1) is 5.92 Å². The monoisotopic (exact) mass is 255 g/mol. The summed E-state index contributed by atoms with van der Waals surface area (Å²) in [6, 6.07) is 0.478. The normalized spacial score (nSPS) is 16.7. The Kier molecular flexibility index (Phi) is 6.36. The lowest BCUT2D eigenvalue weighted by Crippen LogP contribution is -2.39. The van der Waals surface area contributed by atoms with Crippen molar-refractivity contribution in [3.8, 4) is 0 Å². The lowest BCUT2D eigenvalue weighted by atomic mass is 10.1. The zero-order valence-electron chi connectivity index (χ0n) is 11.8. The molecule has 1 aliphatic carbocycles. The Hall–Kier alpha value is -0.870. The van der Waals surface area contributed by atoms with Gasteiger partial charge >= 0.3 is 5.97 Å². The summed E-state index contributed by atoms with van der Waals surface area (Å²) in [5.74, 6) is 0.472. The van der Waals surface area contributed by atoms with Crippen LogP contribution in [-0.4, -0.2) is 50.3 Å². The summed E-state index contributed by atoms with van der Waals surface area (Å²) in [6.07, 6.45) is 2.58. The molecule has 0 heterocycles. The minimum atomic E-state index is -0.289. The van der Waals surface area contributed by atoms with Crippen LogP contribution in [0.15, 0.2) is 12.2 Å². The van der Waals surface area contributed by atoms with E-state index in [2.05, 4.69) is 18.4 Å². The summed E-state index contributed by atoms with van der Waals surface area (Å²) in [6.45, 7) is 10.3. The molecule has 0 N–H and O–H groups in total. The third-order valence-electron chi connectivity index (χ3n) is 3.42. The van der Waals surface area contributed by atoms with E-state index in [1.165, 1.54) is 12.8 Å². The largest absolute Gasteiger partial charge is 0.463 e. The van der Waals surface area contributed by atoms with Crippen LogP contribution in [-0.2, 0) is 14.3 Å². The van der Waals surface area contributed by atoms with Crippen molar-refractivity contribution >= 4 is 5.97 Å². The van der Waals surface area contributed by atoms with Crippen molar-refractivity contribution < 1.29 is 14.3 Å². The second-order valence-corrected chi connectivity index (χ2v) is 4.87. The van der Waals surface area contributed by atoms with Crippen molar-refractivity contribution in [2.45, 2.75) is 32.7 Å². The molecular weight excluding hydrogens is 230 g/mol. The molecule has 1 atom stereocenters. The zero-order chi connectivity index (χ0) is 13.5. The fourth-order valence-corrected chi connectivity index (χ4v) is 2.05. The van der Waals surface area contributed by atoms with Gasteiger partial charge in [0.15, 0.2) is 0 Å². The molecule has 0 bridgehead atoms. The summed E-state index contributed by atoms with van der Waals surface area (Å²) in [4.78, 5) is 13.8. The molecule has 0 aromatic heterocycles. The average Bonchev–Trinajstić information content (AvgIpc) is 3.17. The molecule has 1 fully saturated rings. The summed E-state index contributed by atoms with van der Waals surface area (Å²) < 4.78 is 10.1. The quantitative estimate of drug-likeness (QED) is 0.465. The molecule has 0 aliphatic heterocycles. The van der Waals surface area contributed by atoms with E-state index in [0.717, 1.165) is 12.5 Å². The maximum Gasteiger partial charge on any atom is 0.334 e. The van der Waals surface area contributed by atoms with E-state index in [-0.39, 0.29) is 5.97 Å². The Morgan fingerprint density at radius 2 is 2.17 bits per heavy atom. The maximum atomic E-state index is 11.6. The third kappa shape index (κ3) is 4.78. The van der Waals surface area contributed by atoms with Gasteiger partial charge in [-0.1, -0.05) is 6.58 Å². The smallest absolute Gasteiger partial charge is 0.334 e. The number of nitrogens with zero attached hydrogens (tertiary/aromatic N) is 1. The maximum absolute atomic E-state index is 11.6. The van der Waals surface area contributed by atoms with E-state index in [4.69, 9.17) is 9.47 Å². The Balaban J connectivity index is 2.48. The summed E-state index contributed by atoms with van der Waals surface area (Å²) >= 11 is 0. The predicted octanol–water partition coefficient (Wildman–Crippen LogP) is 1.85. The van der Waals surface area contributed by atoms with Crippen LogP contribution in [0.1, 0.15) is 26.7 Å². The van der Waals surface area contributed by atoms with E-state index >= 15 is 0 Å². The van der Waals surface area contributed by atoms with Crippen molar-refractivity contribution in [3.63, 3.8) is 0 Å². The number of hydrogen-bond acceptors (Lipinski definition) is 4. The van der Waals surface area contributed by atoms with Gasteiger partial charge < -0.3 is 9.47 Å². The van der Waals surface area contributed by atoms with Crippen molar-refractivity contribution in [1.29, 1.82) is 0 Å². The van der Waals surface area contributed by atoms with Gasteiger partial charge in [0.2, 0.25) is 0 Å². The third-order valence-corrected chi connectivity index (χ3v) is 3.42. The molecule has 1 aliphatic rings. The zero-order valence-corrected chi connectivity index (χ0v) is 11.8. The van der Waals surface area contributed by atoms with Crippen LogP contribution in [0.2, 0.25) is 0 Å². The molecule has 4 nitrogen and oxygen atoms in total. The highest BCUT2D eigenvalue weighted by Crippen LogP contribution is 2.35. The van der Waals surface area contributed by atoms with Gasteiger partial charge in [-0.15, -0.1) is 0 Å². The SMILES string of the molecule is C=C(CN(CCOC)C(C)C1CC1)C(=O)OCC. The predicted molar refractivity (Wildman–Crippen MR) is 71.4 cm³/mol. The summed E-state index contributed by atoms with van der Waals surface area (Å²) in [5.41, 5.74) is 0.528. The van der Waals surface area contributed by atoms with Crippen LogP contribution >= 0.6 is 0 Å². The first-order valence-corrected chi connectivity index (χ1v) is 6.68. The molecule has 1 rings (SSSR count).